The van der Waals surface area contributed by atoms with Gasteiger partial charge in [0, 0.05) is 41.3 Å². The summed E-state index contributed by atoms with van der Waals surface area (Å²) in [4.78, 5) is 6.68. The van der Waals surface area contributed by atoms with E-state index in [1.165, 1.54) is 5.69 Å². The zero-order valence-corrected chi connectivity index (χ0v) is 11.9. The van der Waals surface area contributed by atoms with E-state index in [0.717, 1.165) is 35.4 Å². The van der Waals surface area contributed by atoms with Crippen molar-refractivity contribution in [3.8, 4) is 0 Å². The van der Waals surface area contributed by atoms with Crippen LogP contribution in [0, 0.1) is 0 Å². The molecule has 4 heteroatoms. The highest BCUT2D eigenvalue weighted by Gasteiger charge is 2.08. The Bertz CT molecular complexity index is 528. The number of halogens is 2. The molecule has 2 rings (SSSR count). The first-order chi connectivity index (χ1) is 8.76. The lowest BCUT2D eigenvalue weighted by Crippen LogP contribution is -2.24. The summed E-state index contributed by atoms with van der Waals surface area (Å²) in [6.07, 6.45) is 2.81. The molecule has 2 aromatic rings. The van der Waals surface area contributed by atoms with Crippen molar-refractivity contribution in [3.05, 3.63) is 35.5 Å². The van der Waals surface area contributed by atoms with Crippen LogP contribution in [0.5, 0.6) is 0 Å². The van der Waals surface area contributed by atoms with Gasteiger partial charge in [0.05, 0.1) is 5.52 Å². The molecule has 0 aliphatic carbocycles. The van der Waals surface area contributed by atoms with Gasteiger partial charge < -0.3 is 4.90 Å². The van der Waals surface area contributed by atoms with Crippen molar-refractivity contribution in [3.63, 3.8) is 0 Å². The molecule has 0 saturated carbocycles. The molecule has 96 valence electrons. The summed E-state index contributed by atoms with van der Waals surface area (Å²) in [5.74, 6) is 0.686. The molecular weight excluding hydrogens is 267 g/mol. The number of benzene rings is 1. The smallest absolute Gasteiger partial charge is 0.0737 e. The number of hydrogen-bond acceptors (Lipinski definition) is 2. The van der Waals surface area contributed by atoms with Crippen LogP contribution in [0.1, 0.15) is 13.3 Å². The summed E-state index contributed by atoms with van der Waals surface area (Å²) in [7, 11) is 0. The van der Waals surface area contributed by atoms with Crippen LogP contribution in [0.15, 0.2) is 30.5 Å². The minimum absolute atomic E-state index is 0.686. The van der Waals surface area contributed by atoms with Crippen LogP contribution >= 0.6 is 23.2 Å². The Morgan fingerprint density at radius 3 is 2.83 bits per heavy atom. The maximum atomic E-state index is 6.00. The van der Waals surface area contributed by atoms with Gasteiger partial charge in [0.25, 0.3) is 0 Å². The van der Waals surface area contributed by atoms with Crippen molar-refractivity contribution in [1.82, 2.24) is 4.98 Å². The molecule has 0 fully saturated rings. The second-order valence-electron chi connectivity index (χ2n) is 4.11. The van der Waals surface area contributed by atoms with Gasteiger partial charge in [-0.2, -0.15) is 0 Å². The first kappa shape index (κ1) is 13.4. The van der Waals surface area contributed by atoms with Crippen molar-refractivity contribution >= 4 is 39.8 Å². The van der Waals surface area contributed by atoms with Gasteiger partial charge in [-0.15, -0.1) is 11.6 Å². The maximum Gasteiger partial charge on any atom is 0.0737 e. The van der Waals surface area contributed by atoms with Crippen LogP contribution in [0.3, 0.4) is 0 Å². The summed E-state index contributed by atoms with van der Waals surface area (Å²) in [6.45, 7) is 4.07. The van der Waals surface area contributed by atoms with Gasteiger partial charge in [-0.3, -0.25) is 4.98 Å². The monoisotopic (exact) mass is 282 g/mol. The summed E-state index contributed by atoms with van der Waals surface area (Å²) in [5, 5.41) is 1.86. The normalized spacial score (nSPS) is 10.8. The number of alkyl halides is 1. The molecule has 18 heavy (non-hydrogen) atoms. The highest BCUT2D eigenvalue weighted by atomic mass is 35.5. The molecule has 0 radical (unpaired) electrons. The molecule has 1 aromatic carbocycles. The zero-order valence-electron chi connectivity index (χ0n) is 10.4. The number of aromatic nitrogens is 1. The molecule has 0 saturated heterocycles. The second kappa shape index (κ2) is 6.26. The third-order valence-corrected chi connectivity index (χ3v) is 3.47. The average molecular weight is 283 g/mol. The van der Waals surface area contributed by atoms with E-state index in [-0.39, 0.29) is 0 Å². The highest BCUT2D eigenvalue weighted by Crippen LogP contribution is 2.27. The van der Waals surface area contributed by atoms with Crippen molar-refractivity contribution in [2.45, 2.75) is 13.3 Å². The lowest BCUT2D eigenvalue weighted by molar-refractivity contribution is 0.797. The molecular formula is C14H16Cl2N2. The largest absolute Gasteiger partial charge is 0.371 e. The summed E-state index contributed by atoms with van der Waals surface area (Å²) in [5.41, 5.74) is 2.13. The van der Waals surface area contributed by atoms with Crippen molar-refractivity contribution in [2.75, 3.05) is 23.9 Å². The van der Waals surface area contributed by atoms with Gasteiger partial charge in [0.15, 0.2) is 0 Å². The van der Waals surface area contributed by atoms with Crippen molar-refractivity contribution < 1.29 is 0 Å². The van der Waals surface area contributed by atoms with Crippen molar-refractivity contribution in [2.24, 2.45) is 0 Å². The van der Waals surface area contributed by atoms with E-state index in [1.807, 2.05) is 30.5 Å². The molecule has 0 bridgehead atoms. The molecule has 0 atom stereocenters. The first-order valence-corrected chi connectivity index (χ1v) is 7.02. The van der Waals surface area contributed by atoms with Crippen molar-refractivity contribution in [1.29, 1.82) is 0 Å². The summed E-state index contributed by atoms with van der Waals surface area (Å²) >= 11 is 11.8. The van der Waals surface area contributed by atoms with Gasteiger partial charge >= 0.3 is 0 Å². The number of pyridine rings is 1. The van der Waals surface area contributed by atoms with E-state index >= 15 is 0 Å². The van der Waals surface area contributed by atoms with Crippen LogP contribution in [-0.2, 0) is 0 Å². The van der Waals surface area contributed by atoms with Crippen LogP contribution in [-0.4, -0.2) is 24.0 Å². The Kier molecular flexibility index (Phi) is 4.67. The fourth-order valence-electron chi connectivity index (χ4n) is 2.08. The Morgan fingerprint density at radius 1 is 1.28 bits per heavy atom. The third-order valence-electron chi connectivity index (χ3n) is 2.97. The van der Waals surface area contributed by atoms with E-state index in [2.05, 4.69) is 16.8 Å². The number of fused-ring (bicyclic) bond motifs is 1. The highest BCUT2D eigenvalue weighted by molar-refractivity contribution is 6.31. The molecule has 1 aromatic heterocycles. The molecule has 0 unspecified atom stereocenters. The van der Waals surface area contributed by atoms with E-state index in [0.29, 0.717) is 5.88 Å². The second-order valence-corrected chi connectivity index (χ2v) is 4.93. The van der Waals surface area contributed by atoms with Gasteiger partial charge in [-0.1, -0.05) is 11.6 Å². The van der Waals surface area contributed by atoms with Crippen LogP contribution in [0.4, 0.5) is 5.69 Å². The van der Waals surface area contributed by atoms with Gasteiger partial charge in [0.2, 0.25) is 0 Å². The molecule has 0 aliphatic rings. The number of nitrogens with zero attached hydrogens (tertiary/aromatic N) is 2. The quantitative estimate of drug-likeness (QED) is 0.759. The Morgan fingerprint density at radius 2 is 2.11 bits per heavy atom. The standard InChI is InChI=1S/C14H16Cl2N2/c1-2-18(9-3-7-15)14-6-8-17-13-10-11(16)4-5-12(13)14/h4-6,8,10H,2-3,7,9H2,1H3. The molecule has 0 spiro atoms. The molecule has 0 aliphatic heterocycles. The van der Waals surface area contributed by atoms with E-state index < -0.39 is 0 Å². The topological polar surface area (TPSA) is 16.1 Å². The molecule has 0 amide bonds. The predicted molar refractivity (Wildman–Crippen MR) is 80.0 cm³/mol. The van der Waals surface area contributed by atoms with Gasteiger partial charge in [0.1, 0.15) is 0 Å². The molecule has 1 heterocycles. The van der Waals surface area contributed by atoms with Gasteiger partial charge in [-0.05, 0) is 37.6 Å². The fourth-order valence-corrected chi connectivity index (χ4v) is 2.37. The number of anilines is 1. The fraction of sp³-hybridized carbons (Fsp3) is 0.357. The first-order valence-electron chi connectivity index (χ1n) is 6.11. The Balaban J connectivity index is 2.42. The summed E-state index contributed by atoms with van der Waals surface area (Å²) in [6, 6.07) is 7.89. The zero-order chi connectivity index (χ0) is 13.0. The minimum atomic E-state index is 0.686. The predicted octanol–water partition coefficient (Wildman–Crippen LogP) is 4.34. The lowest BCUT2D eigenvalue weighted by atomic mass is 10.1. The van der Waals surface area contributed by atoms with Crippen LogP contribution < -0.4 is 4.90 Å². The SMILES string of the molecule is CCN(CCCCl)c1ccnc2cc(Cl)ccc12. The van der Waals surface area contributed by atoms with E-state index in [1.54, 1.807) is 0 Å². The van der Waals surface area contributed by atoms with Crippen LogP contribution in [0.25, 0.3) is 10.9 Å². The Hall–Kier alpha value is -0.990. The molecule has 0 N–H and O–H groups in total. The summed E-state index contributed by atoms with van der Waals surface area (Å²) < 4.78 is 0. The van der Waals surface area contributed by atoms with Crippen LogP contribution in [0.2, 0.25) is 5.02 Å². The molecule has 2 nitrogen and oxygen atoms in total. The number of hydrogen-bond donors (Lipinski definition) is 0. The maximum absolute atomic E-state index is 6.00. The Labute approximate surface area is 118 Å². The minimum Gasteiger partial charge on any atom is -0.371 e. The van der Waals surface area contributed by atoms with E-state index in [9.17, 15) is 0 Å². The third kappa shape index (κ3) is 2.88. The van der Waals surface area contributed by atoms with Gasteiger partial charge in [-0.25, -0.2) is 0 Å². The lowest BCUT2D eigenvalue weighted by Gasteiger charge is -2.24. The van der Waals surface area contributed by atoms with E-state index in [4.69, 9.17) is 23.2 Å². The number of rotatable bonds is 5. The average Bonchev–Trinajstić information content (AvgIpc) is 2.39.